The molecule has 0 amide bonds. The van der Waals surface area contributed by atoms with Gasteiger partial charge < -0.3 is 4.57 Å². The Labute approximate surface area is 126 Å². The van der Waals surface area contributed by atoms with Crippen LogP contribution in [0.25, 0.3) is 11.0 Å². The van der Waals surface area contributed by atoms with E-state index in [1.807, 2.05) is 18.2 Å². The highest BCUT2D eigenvalue weighted by atomic mass is 16.1. The number of carbonyl (C=O) groups excluding carboxylic acids is 1. The Hall–Kier alpha value is -1.64. The zero-order valence-corrected chi connectivity index (χ0v) is 13.6. The van der Waals surface area contributed by atoms with Gasteiger partial charge in [0.05, 0.1) is 17.5 Å². The van der Waals surface area contributed by atoms with Gasteiger partial charge in [-0.05, 0) is 29.9 Å². The van der Waals surface area contributed by atoms with Crippen LogP contribution in [0.1, 0.15) is 40.4 Å². The van der Waals surface area contributed by atoms with E-state index in [0.29, 0.717) is 12.2 Å². The fourth-order valence-electron chi connectivity index (χ4n) is 3.87. The molecule has 0 unspecified atom stereocenters. The highest BCUT2D eigenvalue weighted by molar-refractivity contribution is 5.88. The summed E-state index contributed by atoms with van der Waals surface area (Å²) < 4.78 is 2.16. The number of imidazole rings is 1. The standard InChI is InChI=1S/C18H24N2O/c1-6-20-13-10-8-7-9-12(13)19-15(20)11-14(21)16-17(2,3)18(16,4)5/h7-10,16H,6,11H2,1-5H3. The average molecular weight is 284 g/mol. The van der Waals surface area contributed by atoms with Crippen LogP contribution in [0.4, 0.5) is 0 Å². The van der Waals surface area contributed by atoms with Crippen LogP contribution in [0.15, 0.2) is 24.3 Å². The molecule has 1 aliphatic rings. The lowest BCUT2D eigenvalue weighted by atomic mass is 10.0. The predicted molar refractivity (Wildman–Crippen MR) is 85.2 cm³/mol. The first-order chi connectivity index (χ1) is 9.80. The first-order valence-electron chi connectivity index (χ1n) is 7.77. The van der Waals surface area contributed by atoms with Crippen LogP contribution in [-0.2, 0) is 17.8 Å². The van der Waals surface area contributed by atoms with E-state index in [1.54, 1.807) is 0 Å². The highest BCUT2D eigenvalue weighted by Crippen LogP contribution is 2.68. The van der Waals surface area contributed by atoms with Crippen LogP contribution in [-0.4, -0.2) is 15.3 Å². The third-order valence-electron chi connectivity index (χ3n) is 5.72. The average Bonchev–Trinajstić information content (AvgIpc) is 2.69. The van der Waals surface area contributed by atoms with Gasteiger partial charge in [0.15, 0.2) is 0 Å². The Kier molecular flexibility index (Phi) is 3.01. The molecule has 0 radical (unpaired) electrons. The molecule has 1 aromatic heterocycles. The fourth-order valence-corrected chi connectivity index (χ4v) is 3.87. The second-order valence-electron chi connectivity index (χ2n) is 7.28. The summed E-state index contributed by atoms with van der Waals surface area (Å²) in [5.74, 6) is 1.38. The lowest BCUT2D eigenvalue weighted by Gasteiger charge is -2.06. The summed E-state index contributed by atoms with van der Waals surface area (Å²) in [6, 6.07) is 8.11. The van der Waals surface area contributed by atoms with Crippen LogP contribution in [0.5, 0.6) is 0 Å². The number of hydrogen-bond acceptors (Lipinski definition) is 2. The molecule has 0 N–H and O–H groups in total. The normalized spacial score (nSPS) is 19.9. The third kappa shape index (κ3) is 1.94. The smallest absolute Gasteiger partial charge is 0.144 e. The molecule has 0 atom stereocenters. The van der Waals surface area contributed by atoms with Gasteiger partial charge >= 0.3 is 0 Å². The summed E-state index contributed by atoms with van der Waals surface area (Å²) in [5.41, 5.74) is 2.31. The molecule has 1 aliphatic carbocycles. The Bertz CT molecular complexity index is 695. The first kappa shape index (κ1) is 14.3. The second-order valence-corrected chi connectivity index (χ2v) is 7.28. The van der Waals surface area contributed by atoms with Crippen LogP contribution in [0.2, 0.25) is 0 Å². The van der Waals surface area contributed by atoms with Gasteiger partial charge in [-0.1, -0.05) is 39.8 Å². The van der Waals surface area contributed by atoms with E-state index in [-0.39, 0.29) is 16.7 Å². The molecule has 3 heteroatoms. The minimum Gasteiger partial charge on any atom is -0.328 e. The summed E-state index contributed by atoms with van der Waals surface area (Å²) in [4.78, 5) is 17.4. The number of carbonyl (C=O) groups is 1. The topological polar surface area (TPSA) is 34.9 Å². The number of rotatable bonds is 4. The zero-order chi connectivity index (χ0) is 15.4. The molecule has 0 saturated heterocycles. The van der Waals surface area contributed by atoms with Crippen molar-refractivity contribution in [2.75, 3.05) is 0 Å². The summed E-state index contributed by atoms with van der Waals surface area (Å²) in [5, 5.41) is 0. The summed E-state index contributed by atoms with van der Waals surface area (Å²) in [7, 11) is 0. The Balaban J connectivity index is 1.91. The number of ketones is 1. The number of para-hydroxylation sites is 2. The van der Waals surface area contributed by atoms with Gasteiger partial charge in [-0.3, -0.25) is 4.79 Å². The largest absolute Gasteiger partial charge is 0.328 e. The number of hydrogen-bond donors (Lipinski definition) is 0. The molecule has 1 fully saturated rings. The molecule has 3 rings (SSSR count). The Morgan fingerprint density at radius 3 is 2.38 bits per heavy atom. The molecular weight excluding hydrogens is 260 g/mol. The molecular formula is C18H24N2O. The molecule has 1 heterocycles. The van der Waals surface area contributed by atoms with Gasteiger partial charge in [0.1, 0.15) is 11.6 Å². The van der Waals surface area contributed by atoms with E-state index >= 15 is 0 Å². The van der Waals surface area contributed by atoms with E-state index in [0.717, 1.165) is 23.4 Å². The van der Waals surface area contributed by atoms with Crippen molar-refractivity contribution in [3.05, 3.63) is 30.1 Å². The highest BCUT2D eigenvalue weighted by Gasteiger charge is 2.67. The molecule has 3 nitrogen and oxygen atoms in total. The Morgan fingerprint density at radius 2 is 1.81 bits per heavy atom. The maximum Gasteiger partial charge on any atom is 0.144 e. The van der Waals surface area contributed by atoms with Crippen molar-refractivity contribution < 1.29 is 4.79 Å². The molecule has 112 valence electrons. The van der Waals surface area contributed by atoms with Crippen LogP contribution in [0.3, 0.4) is 0 Å². The third-order valence-corrected chi connectivity index (χ3v) is 5.72. The van der Waals surface area contributed by atoms with Gasteiger partial charge in [0.25, 0.3) is 0 Å². The van der Waals surface area contributed by atoms with Crippen molar-refractivity contribution in [2.45, 2.75) is 47.6 Å². The van der Waals surface area contributed by atoms with Crippen molar-refractivity contribution >= 4 is 16.8 Å². The van der Waals surface area contributed by atoms with E-state index < -0.39 is 0 Å². The number of benzene rings is 1. The van der Waals surface area contributed by atoms with E-state index in [9.17, 15) is 4.79 Å². The molecule has 0 bridgehead atoms. The monoisotopic (exact) mass is 284 g/mol. The fraction of sp³-hybridized carbons (Fsp3) is 0.556. The van der Waals surface area contributed by atoms with Crippen molar-refractivity contribution in [3.8, 4) is 0 Å². The molecule has 1 aromatic carbocycles. The van der Waals surface area contributed by atoms with Gasteiger partial charge in [0.2, 0.25) is 0 Å². The molecule has 0 aliphatic heterocycles. The SMILES string of the molecule is CCn1c(CC(=O)C2C(C)(C)C2(C)C)nc2ccccc21. The Morgan fingerprint density at radius 1 is 1.19 bits per heavy atom. The first-order valence-corrected chi connectivity index (χ1v) is 7.77. The summed E-state index contributed by atoms with van der Waals surface area (Å²) >= 11 is 0. The maximum atomic E-state index is 12.7. The quantitative estimate of drug-likeness (QED) is 0.854. The van der Waals surface area contributed by atoms with Crippen molar-refractivity contribution in [2.24, 2.45) is 16.7 Å². The number of aromatic nitrogens is 2. The van der Waals surface area contributed by atoms with Gasteiger partial charge in [-0.2, -0.15) is 0 Å². The minimum atomic E-state index is 0.104. The van der Waals surface area contributed by atoms with Gasteiger partial charge in [-0.25, -0.2) is 4.98 Å². The minimum absolute atomic E-state index is 0.104. The van der Waals surface area contributed by atoms with E-state index in [1.165, 1.54) is 0 Å². The predicted octanol–water partition coefficient (Wildman–Crippen LogP) is 3.85. The van der Waals surface area contributed by atoms with Crippen molar-refractivity contribution in [1.82, 2.24) is 9.55 Å². The summed E-state index contributed by atoms with van der Waals surface area (Å²) in [6.45, 7) is 11.7. The number of fused-ring (bicyclic) bond motifs is 1. The zero-order valence-electron chi connectivity index (χ0n) is 13.6. The van der Waals surface area contributed by atoms with Crippen LogP contribution < -0.4 is 0 Å². The summed E-state index contributed by atoms with van der Waals surface area (Å²) in [6.07, 6.45) is 0.444. The lowest BCUT2D eigenvalue weighted by molar-refractivity contribution is -0.120. The number of Topliss-reactive ketones (excluding diaryl/α,β-unsaturated/α-hetero) is 1. The molecule has 2 aromatic rings. The number of nitrogens with zero attached hydrogens (tertiary/aromatic N) is 2. The van der Waals surface area contributed by atoms with Crippen LogP contribution >= 0.6 is 0 Å². The second kappa shape index (κ2) is 4.43. The molecule has 1 saturated carbocycles. The molecule has 0 spiro atoms. The lowest BCUT2D eigenvalue weighted by Crippen LogP contribution is -2.14. The van der Waals surface area contributed by atoms with Gasteiger partial charge in [0, 0.05) is 12.5 Å². The van der Waals surface area contributed by atoms with Crippen molar-refractivity contribution in [3.63, 3.8) is 0 Å². The van der Waals surface area contributed by atoms with Crippen LogP contribution in [0, 0.1) is 16.7 Å². The number of aryl methyl sites for hydroxylation is 1. The maximum absolute atomic E-state index is 12.7. The van der Waals surface area contributed by atoms with E-state index in [4.69, 9.17) is 0 Å². The van der Waals surface area contributed by atoms with E-state index in [2.05, 4.69) is 50.2 Å². The molecule has 21 heavy (non-hydrogen) atoms. The van der Waals surface area contributed by atoms with Gasteiger partial charge in [-0.15, -0.1) is 0 Å². The van der Waals surface area contributed by atoms with Crippen molar-refractivity contribution in [1.29, 1.82) is 0 Å².